The van der Waals surface area contributed by atoms with Gasteiger partial charge in [0.15, 0.2) is 5.16 Å². The fourth-order valence-electron chi connectivity index (χ4n) is 2.62. The minimum absolute atomic E-state index is 0.107. The maximum absolute atomic E-state index is 11.4. The summed E-state index contributed by atoms with van der Waals surface area (Å²) in [5, 5.41) is 15.7. The third-order valence-electron chi connectivity index (χ3n) is 3.90. The highest BCUT2D eigenvalue weighted by Crippen LogP contribution is 2.25. The third kappa shape index (κ3) is 5.79. The molecule has 1 amide bonds. The molecule has 148 valence electrons. The van der Waals surface area contributed by atoms with Gasteiger partial charge in [0.25, 0.3) is 0 Å². The van der Waals surface area contributed by atoms with Gasteiger partial charge in [0, 0.05) is 30.1 Å². The van der Waals surface area contributed by atoms with Crippen molar-refractivity contribution in [1.82, 2.24) is 9.97 Å². The first-order chi connectivity index (χ1) is 13.9. The van der Waals surface area contributed by atoms with Crippen molar-refractivity contribution in [1.29, 1.82) is 0 Å². The highest BCUT2D eigenvalue weighted by molar-refractivity contribution is 7.98. The van der Waals surface area contributed by atoms with Gasteiger partial charge in [-0.2, -0.15) is 0 Å². The van der Waals surface area contributed by atoms with E-state index in [9.17, 15) is 14.7 Å². The van der Waals surface area contributed by atoms with E-state index in [2.05, 4.69) is 20.6 Å². The number of aromatic nitrogens is 2. The lowest BCUT2D eigenvalue weighted by Gasteiger charge is -2.10. The van der Waals surface area contributed by atoms with Crippen LogP contribution in [0.15, 0.2) is 59.8 Å². The van der Waals surface area contributed by atoms with Crippen LogP contribution in [-0.2, 0) is 10.5 Å². The number of benzene rings is 2. The van der Waals surface area contributed by atoms with Crippen LogP contribution < -0.4 is 10.6 Å². The number of rotatable bonds is 7. The summed E-state index contributed by atoms with van der Waals surface area (Å²) < 4.78 is 0. The van der Waals surface area contributed by atoms with E-state index >= 15 is 0 Å². The van der Waals surface area contributed by atoms with E-state index < -0.39 is 5.97 Å². The van der Waals surface area contributed by atoms with Crippen molar-refractivity contribution in [2.24, 2.45) is 0 Å². The minimum Gasteiger partial charge on any atom is -0.478 e. The zero-order valence-corrected chi connectivity index (χ0v) is 16.8. The Morgan fingerprint density at radius 2 is 1.79 bits per heavy atom. The van der Waals surface area contributed by atoms with Gasteiger partial charge in [-0.15, -0.1) is 0 Å². The molecule has 1 aromatic heterocycles. The van der Waals surface area contributed by atoms with Crippen LogP contribution in [0.1, 0.15) is 28.5 Å². The third-order valence-corrected chi connectivity index (χ3v) is 4.81. The van der Waals surface area contributed by atoms with Gasteiger partial charge in [-0.05, 0) is 36.8 Å². The van der Waals surface area contributed by atoms with Gasteiger partial charge in [-0.25, -0.2) is 14.8 Å². The number of carboxylic acid groups (broad SMARTS) is 1. The van der Waals surface area contributed by atoms with Crippen molar-refractivity contribution in [2.45, 2.75) is 24.8 Å². The second-order valence-electron chi connectivity index (χ2n) is 6.32. The summed E-state index contributed by atoms with van der Waals surface area (Å²) in [6.45, 7) is 3.33. The predicted molar refractivity (Wildman–Crippen MR) is 114 cm³/mol. The van der Waals surface area contributed by atoms with Crippen molar-refractivity contribution in [3.8, 4) is 0 Å². The number of carbonyl (C=O) groups is 2. The lowest BCUT2D eigenvalue weighted by atomic mass is 10.2. The topological polar surface area (TPSA) is 104 Å². The summed E-state index contributed by atoms with van der Waals surface area (Å²) in [5.41, 5.74) is 3.25. The molecule has 0 saturated heterocycles. The Labute approximate surface area is 172 Å². The van der Waals surface area contributed by atoms with E-state index in [0.29, 0.717) is 22.4 Å². The van der Waals surface area contributed by atoms with Crippen molar-refractivity contribution >= 4 is 40.8 Å². The Hall–Kier alpha value is -3.39. The number of carbonyl (C=O) groups excluding carboxylic acids is 1. The number of amides is 1. The van der Waals surface area contributed by atoms with Crippen molar-refractivity contribution in [3.05, 3.63) is 71.4 Å². The van der Waals surface area contributed by atoms with Crippen molar-refractivity contribution in [2.75, 3.05) is 10.6 Å². The second-order valence-corrected chi connectivity index (χ2v) is 7.26. The van der Waals surface area contributed by atoms with Crippen LogP contribution in [0.25, 0.3) is 0 Å². The summed E-state index contributed by atoms with van der Waals surface area (Å²) in [6, 6.07) is 16.0. The van der Waals surface area contributed by atoms with Crippen LogP contribution in [0.5, 0.6) is 0 Å². The van der Waals surface area contributed by atoms with Gasteiger partial charge in [0.05, 0.1) is 11.3 Å². The van der Waals surface area contributed by atoms with Crippen LogP contribution in [-0.4, -0.2) is 27.0 Å². The summed E-state index contributed by atoms with van der Waals surface area (Å²) in [5.74, 6) is 0.0882. The molecule has 3 rings (SSSR count). The molecule has 0 radical (unpaired) electrons. The average molecular weight is 408 g/mol. The fourth-order valence-corrected chi connectivity index (χ4v) is 3.48. The Balaban J connectivity index is 1.71. The molecule has 0 atom stereocenters. The van der Waals surface area contributed by atoms with E-state index in [4.69, 9.17) is 0 Å². The molecule has 0 aliphatic heterocycles. The summed E-state index contributed by atoms with van der Waals surface area (Å²) in [4.78, 5) is 31.4. The quantitative estimate of drug-likeness (QED) is 0.391. The monoisotopic (exact) mass is 408 g/mol. The Bertz CT molecular complexity index is 1040. The van der Waals surface area contributed by atoms with Gasteiger partial charge in [-0.3, -0.25) is 4.79 Å². The molecule has 0 fully saturated rings. The Morgan fingerprint density at radius 1 is 1.07 bits per heavy atom. The molecule has 8 heteroatoms. The smallest absolute Gasteiger partial charge is 0.337 e. The SMILES string of the molecule is CC(=O)Nc1ccc(CSc2nc(C)cc(Nc3ccccc3C(=O)O)n2)cc1. The van der Waals surface area contributed by atoms with E-state index in [1.54, 1.807) is 30.3 Å². The molecule has 0 unspecified atom stereocenters. The van der Waals surface area contributed by atoms with Gasteiger partial charge in [0.2, 0.25) is 5.91 Å². The summed E-state index contributed by atoms with van der Waals surface area (Å²) >= 11 is 1.48. The number of para-hydroxylation sites is 1. The van der Waals surface area contributed by atoms with Crippen molar-refractivity contribution in [3.63, 3.8) is 0 Å². The number of nitrogens with zero attached hydrogens (tertiary/aromatic N) is 2. The lowest BCUT2D eigenvalue weighted by Crippen LogP contribution is -2.05. The zero-order valence-electron chi connectivity index (χ0n) is 16.0. The van der Waals surface area contributed by atoms with Gasteiger partial charge in [0.1, 0.15) is 5.82 Å². The number of hydrogen-bond acceptors (Lipinski definition) is 6. The fraction of sp³-hybridized carbons (Fsp3) is 0.143. The normalized spacial score (nSPS) is 10.4. The van der Waals surface area contributed by atoms with E-state index in [0.717, 1.165) is 16.9 Å². The largest absolute Gasteiger partial charge is 0.478 e. The van der Waals surface area contributed by atoms with E-state index in [-0.39, 0.29) is 11.5 Å². The van der Waals surface area contributed by atoms with Gasteiger partial charge in [-0.1, -0.05) is 36.0 Å². The summed E-state index contributed by atoms with van der Waals surface area (Å²) in [7, 11) is 0. The van der Waals surface area contributed by atoms with Crippen LogP contribution >= 0.6 is 11.8 Å². The molecule has 2 aromatic carbocycles. The summed E-state index contributed by atoms with van der Waals surface area (Å²) in [6.07, 6.45) is 0. The highest BCUT2D eigenvalue weighted by atomic mass is 32.2. The molecule has 3 N–H and O–H groups in total. The Morgan fingerprint density at radius 3 is 2.48 bits per heavy atom. The van der Waals surface area contributed by atoms with Crippen LogP contribution in [0.2, 0.25) is 0 Å². The first-order valence-corrected chi connectivity index (χ1v) is 9.83. The first kappa shape index (κ1) is 20.3. The number of carboxylic acids is 1. The highest BCUT2D eigenvalue weighted by Gasteiger charge is 2.11. The molecule has 0 aliphatic carbocycles. The number of nitrogens with one attached hydrogen (secondary N) is 2. The maximum Gasteiger partial charge on any atom is 0.337 e. The molecule has 0 aliphatic rings. The molecule has 0 spiro atoms. The first-order valence-electron chi connectivity index (χ1n) is 8.85. The maximum atomic E-state index is 11.4. The molecule has 1 heterocycles. The number of anilines is 3. The Kier molecular flexibility index (Phi) is 6.46. The number of aromatic carboxylic acids is 1. The van der Waals surface area contributed by atoms with E-state index in [1.165, 1.54) is 18.7 Å². The molecule has 0 saturated carbocycles. The molecular weight excluding hydrogens is 388 g/mol. The zero-order chi connectivity index (χ0) is 20.8. The lowest BCUT2D eigenvalue weighted by molar-refractivity contribution is -0.114. The molecule has 29 heavy (non-hydrogen) atoms. The minimum atomic E-state index is -1.00. The van der Waals surface area contributed by atoms with Crippen LogP contribution in [0.3, 0.4) is 0 Å². The van der Waals surface area contributed by atoms with Crippen molar-refractivity contribution < 1.29 is 14.7 Å². The molecule has 0 bridgehead atoms. The molecular formula is C21H20N4O3S. The van der Waals surface area contributed by atoms with Crippen LogP contribution in [0, 0.1) is 6.92 Å². The van der Waals surface area contributed by atoms with E-state index in [1.807, 2.05) is 31.2 Å². The second kappa shape index (κ2) is 9.20. The van der Waals surface area contributed by atoms with Gasteiger partial charge < -0.3 is 15.7 Å². The molecule has 7 nitrogen and oxygen atoms in total. The van der Waals surface area contributed by atoms with Crippen LogP contribution in [0.4, 0.5) is 17.2 Å². The average Bonchev–Trinajstić information content (AvgIpc) is 2.67. The predicted octanol–water partition coefficient (Wildman–Crippen LogP) is 4.48. The standard InChI is InChI=1S/C21H20N4O3S/c1-13-11-19(24-18-6-4-3-5-17(18)20(27)28)25-21(22-13)29-12-15-7-9-16(10-8-15)23-14(2)26/h3-11H,12H2,1-2H3,(H,23,26)(H,27,28)(H,22,24,25). The number of hydrogen-bond donors (Lipinski definition) is 3. The number of aryl methyl sites for hydroxylation is 1. The number of thioether (sulfide) groups is 1. The molecule has 3 aromatic rings. The van der Waals surface area contributed by atoms with Gasteiger partial charge >= 0.3 is 5.97 Å².